The number of thioether (sulfide) groups is 2. The molecular formula is C18H17N4O3S2+. The first kappa shape index (κ1) is 17.9. The highest BCUT2D eigenvalue weighted by Crippen LogP contribution is 2.37. The molecule has 2 aliphatic rings. The molecular weight excluding hydrogens is 384 g/mol. The summed E-state index contributed by atoms with van der Waals surface area (Å²) in [7, 11) is 0. The van der Waals surface area contributed by atoms with Crippen molar-refractivity contribution < 1.29 is 19.0 Å². The molecule has 1 saturated heterocycles. The highest BCUT2D eigenvalue weighted by molar-refractivity contribution is 8.00. The number of fused-ring (bicyclic) bond motifs is 1. The van der Waals surface area contributed by atoms with Crippen molar-refractivity contribution in [2.45, 2.75) is 16.7 Å². The Morgan fingerprint density at radius 2 is 2.22 bits per heavy atom. The van der Waals surface area contributed by atoms with Gasteiger partial charge in [-0.05, 0) is 18.2 Å². The van der Waals surface area contributed by atoms with E-state index in [4.69, 9.17) is 4.74 Å². The Bertz CT molecular complexity index is 874. The van der Waals surface area contributed by atoms with Crippen molar-refractivity contribution in [3.8, 4) is 0 Å². The summed E-state index contributed by atoms with van der Waals surface area (Å²) >= 11 is 3.08. The van der Waals surface area contributed by atoms with Crippen LogP contribution in [0.4, 0.5) is 5.82 Å². The first-order valence-corrected chi connectivity index (χ1v) is 10.4. The van der Waals surface area contributed by atoms with E-state index in [-0.39, 0.29) is 17.2 Å². The van der Waals surface area contributed by atoms with Gasteiger partial charge in [-0.2, -0.15) is 0 Å². The maximum Gasteiger partial charge on any atom is 0.355 e. The second-order valence-electron chi connectivity index (χ2n) is 5.81. The van der Waals surface area contributed by atoms with E-state index >= 15 is 0 Å². The van der Waals surface area contributed by atoms with Crippen LogP contribution in [0.2, 0.25) is 0 Å². The lowest BCUT2D eigenvalue weighted by Gasteiger charge is -2.42. The van der Waals surface area contributed by atoms with Gasteiger partial charge in [0.15, 0.2) is 5.82 Å². The first-order valence-electron chi connectivity index (χ1n) is 8.34. The number of amides is 1. The minimum atomic E-state index is -0.441. The van der Waals surface area contributed by atoms with Crippen LogP contribution in [0.15, 0.2) is 65.6 Å². The number of pyridine rings is 2. The molecule has 9 heteroatoms. The fraction of sp³-hybridized carbons (Fsp3) is 0.222. The lowest BCUT2D eigenvalue weighted by molar-refractivity contribution is -0.643. The Kier molecular flexibility index (Phi) is 5.30. The predicted molar refractivity (Wildman–Crippen MR) is 103 cm³/mol. The van der Waals surface area contributed by atoms with Gasteiger partial charge in [0, 0.05) is 29.0 Å². The van der Waals surface area contributed by atoms with Crippen LogP contribution in [0, 0.1) is 0 Å². The molecule has 1 amide bonds. The molecule has 0 saturated carbocycles. The summed E-state index contributed by atoms with van der Waals surface area (Å²) in [5, 5.41) is 0.0916. The summed E-state index contributed by atoms with van der Waals surface area (Å²) in [6.07, 6.45) is 7.71. The molecule has 4 heterocycles. The van der Waals surface area contributed by atoms with Gasteiger partial charge in [0.25, 0.3) is 0 Å². The average molecular weight is 401 g/mol. The second-order valence-corrected chi connectivity index (χ2v) is 8.01. The Labute approximate surface area is 164 Å². The zero-order valence-corrected chi connectivity index (χ0v) is 15.9. The van der Waals surface area contributed by atoms with Crippen LogP contribution in [-0.4, -0.2) is 38.8 Å². The van der Waals surface area contributed by atoms with Crippen LogP contribution in [0.25, 0.3) is 0 Å². The van der Waals surface area contributed by atoms with Gasteiger partial charge in [-0.3, -0.25) is 9.69 Å². The van der Waals surface area contributed by atoms with Gasteiger partial charge in [0.1, 0.15) is 11.6 Å². The summed E-state index contributed by atoms with van der Waals surface area (Å²) in [5.41, 5.74) is 3.51. The topological polar surface area (TPSA) is 75.4 Å². The van der Waals surface area contributed by atoms with Crippen LogP contribution in [0.3, 0.4) is 0 Å². The van der Waals surface area contributed by atoms with E-state index in [2.05, 4.69) is 10.4 Å². The minimum Gasteiger partial charge on any atom is -0.450 e. The number of anilines is 1. The molecule has 0 spiro atoms. The van der Waals surface area contributed by atoms with Crippen LogP contribution in [-0.2, 0) is 14.3 Å². The third kappa shape index (κ3) is 4.09. The van der Waals surface area contributed by atoms with E-state index in [1.807, 2.05) is 42.7 Å². The molecule has 0 bridgehead atoms. The minimum absolute atomic E-state index is 0.0175. The number of aromatic nitrogens is 2. The summed E-state index contributed by atoms with van der Waals surface area (Å²) in [5.74, 6) is 1.20. The zero-order chi connectivity index (χ0) is 18.6. The van der Waals surface area contributed by atoms with Gasteiger partial charge in [0.05, 0.1) is 11.8 Å². The van der Waals surface area contributed by atoms with Gasteiger partial charge in [-0.15, -0.1) is 17.2 Å². The maximum absolute atomic E-state index is 12.3. The van der Waals surface area contributed by atoms with E-state index in [0.29, 0.717) is 12.1 Å². The van der Waals surface area contributed by atoms with Crippen LogP contribution < -0.4 is 10.1 Å². The highest BCUT2D eigenvalue weighted by Gasteiger charge is 2.43. The number of hydrogen-bond donors (Lipinski definition) is 1. The lowest BCUT2D eigenvalue weighted by Crippen LogP contribution is -2.53. The Morgan fingerprint density at radius 3 is 2.96 bits per heavy atom. The van der Waals surface area contributed by atoms with Gasteiger partial charge in [-0.25, -0.2) is 9.78 Å². The molecule has 2 aliphatic heterocycles. The van der Waals surface area contributed by atoms with Crippen LogP contribution >= 0.6 is 23.5 Å². The third-order valence-corrected chi connectivity index (χ3v) is 6.03. The number of carbonyl (C=O) groups excluding carboxylic acids is 2. The number of esters is 1. The molecule has 0 aromatic carbocycles. The average Bonchev–Trinajstić information content (AvgIpc) is 2.69. The van der Waals surface area contributed by atoms with Crippen molar-refractivity contribution in [1.29, 1.82) is 0 Å². The number of hydrogen-bond acceptors (Lipinski definition) is 7. The molecule has 1 atom stereocenters. The van der Waals surface area contributed by atoms with Crippen molar-refractivity contribution in [2.24, 2.45) is 0 Å². The number of carbonyl (C=O) groups is 2. The fourth-order valence-electron chi connectivity index (χ4n) is 2.70. The summed E-state index contributed by atoms with van der Waals surface area (Å²) in [4.78, 5) is 30.6. The predicted octanol–water partition coefficient (Wildman–Crippen LogP) is 2.03. The molecule has 1 N–H and O–H groups in total. The number of nitrogens with zero attached hydrogens (tertiary/aromatic N) is 3. The van der Waals surface area contributed by atoms with Crippen molar-refractivity contribution in [3.05, 3.63) is 60.7 Å². The summed E-state index contributed by atoms with van der Waals surface area (Å²) < 4.78 is 7.12. The van der Waals surface area contributed by atoms with Gasteiger partial charge in [-0.1, -0.05) is 22.5 Å². The molecule has 2 aromatic heterocycles. The van der Waals surface area contributed by atoms with Crippen molar-refractivity contribution >= 4 is 41.2 Å². The largest absolute Gasteiger partial charge is 0.450 e. The van der Waals surface area contributed by atoms with Crippen LogP contribution in [0.5, 0.6) is 0 Å². The number of ether oxygens (including phenoxy) is 1. The molecule has 138 valence electrons. The standard InChI is InChI=1S/C18H17N4O3S2/c23-16-11-17-22(16)14(6-10-26-17)18(24)25-12-27-13-4-8-21(9-5-13)20-15-3-1-2-7-19-15/h1-9,17H,10-12H2,(H,19,20)/q+1/t17-/m0/s1. The van der Waals surface area contributed by atoms with E-state index in [9.17, 15) is 9.59 Å². The van der Waals surface area contributed by atoms with Gasteiger partial charge < -0.3 is 4.74 Å². The van der Waals surface area contributed by atoms with E-state index in [1.54, 1.807) is 28.7 Å². The highest BCUT2D eigenvalue weighted by atomic mass is 32.2. The Balaban J connectivity index is 1.27. The van der Waals surface area contributed by atoms with Crippen LogP contribution in [0.1, 0.15) is 6.42 Å². The number of β-lactam (4-membered cyclic amide) rings is 1. The maximum atomic E-state index is 12.3. The van der Waals surface area contributed by atoms with Crippen molar-refractivity contribution in [2.75, 3.05) is 17.1 Å². The molecule has 1 fully saturated rings. The monoisotopic (exact) mass is 401 g/mol. The summed E-state index contributed by atoms with van der Waals surface area (Å²) in [6, 6.07) is 9.48. The smallest absolute Gasteiger partial charge is 0.355 e. The molecule has 0 radical (unpaired) electrons. The molecule has 4 rings (SSSR count). The SMILES string of the molecule is O=C(OCSc1cc[n+](Nc2ccccn2)cc1)C1=CCS[C@H]2CC(=O)N12. The number of rotatable bonds is 6. The first-order chi connectivity index (χ1) is 13.2. The summed E-state index contributed by atoms with van der Waals surface area (Å²) in [6.45, 7) is 0. The third-order valence-electron chi connectivity index (χ3n) is 4.06. The molecule has 0 aliphatic carbocycles. The molecule has 27 heavy (non-hydrogen) atoms. The molecule has 2 aromatic rings. The second kappa shape index (κ2) is 8.01. The zero-order valence-electron chi connectivity index (χ0n) is 14.3. The Hall–Kier alpha value is -2.52. The van der Waals surface area contributed by atoms with E-state index in [0.717, 1.165) is 16.5 Å². The molecule has 7 nitrogen and oxygen atoms in total. The normalized spacial score (nSPS) is 18.2. The van der Waals surface area contributed by atoms with Crippen molar-refractivity contribution in [3.63, 3.8) is 0 Å². The number of nitrogens with one attached hydrogen (secondary N) is 1. The van der Waals surface area contributed by atoms with Gasteiger partial charge in [0.2, 0.25) is 18.3 Å². The fourth-order valence-corrected chi connectivity index (χ4v) is 4.43. The lowest BCUT2D eigenvalue weighted by atomic mass is 10.1. The van der Waals surface area contributed by atoms with Gasteiger partial charge >= 0.3 is 5.97 Å². The molecule has 0 unspecified atom stereocenters. The van der Waals surface area contributed by atoms with E-state index in [1.165, 1.54) is 16.7 Å². The van der Waals surface area contributed by atoms with E-state index < -0.39 is 5.97 Å². The van der Waals surface area contributed by atoms with Crippen molar-refractivity contribution in [1.82, 2.24) is 9.88 Å². The quantitative estimate of drug-likeness (QED) is 0.261. The Morgan fingerprint density at radius 1 is 1.37 bits per heavy atom.